The molecule has 126 valence electrons. The van der Waals surface area contributed by atoms with Crippen molar-refractivity contribution in [3.05, 3.63) is 71.8 Å². The molecule has 1 heterocycles. The lowest BCUT2D eigenvalue weighted by Gasteiger charge is -2.41. The highest BCUT2D eigenvalue weighted by Crippen LogP contribution is 2.31. The summed E-state index contributed by atoms with van der Waals surface area (Å²) >= 11 is 0. The SMILES string of the molecule is CNC(=O)CC1CNCCN1C(c1ccccc1)c1ccccc1. The van der Waals surface area contributed by atoms with Crippen molar-refractivity contribution in [1.82, 2.24) is 15.5 Å². The van der Waals surface area contributed by atoms with Crippen molar-refractivity contribution in [1.29, 1.82) is 0 Å². The summed E-state index contributed by atoms with van der Waals surface area (Å²) in [6.45, 7) is 2.71. The van der Waals surface area contributed by atoms with Gasteiger partial charge in [0, 0.05) is 39.1 Å². The van der Waals surface area contributed by atoms with Crippen LogP contribution in [0.4, 0.5) is 0 Å². The molecule has 0 aromatic heterocycles. The molecule has 0 saturated carbocycles. The van der Waals surface area contributed by atoms with Crippen molar-refractivity contribution >= 4 is 5.91 Å². The lowest BCUT2D eigenvalue weighted by atomic mass is 9.94. The summed E-state index contributed by atoms with van der Waals surface area (Å²) in [5.74, 6) is 0.0913. The summed E-state index contributed by atoms with van der Waals surface area (Å²) in [5, 5.41) is 6.19. The van der Waals surface area contributed by atoms with Crippen LogP contribution in [0.3, 0.4) is 0 Å². The van der Waals surface area contributed by atoms with Crippen molar-refractivity contribution in [2.75, 3.05) is 26.7 Å². The summed E-state index contributed by atoms with van der Waals surface area (Å²) in [4.78, 5) is 14.4. The Bertz CT molecular complexity index is 605. The maximum Gasteiger partial charge on any atom is 0.221 e. The van der Waals surface area contributed by atoms with Gasteiger partial charge in [-0.05, 0) is 11.1 Å². The number of hydrogen-bond donors (Lipinski definition) is 2. The first kappa shape index (κ1) is 16.7. The van der Waals surface area contributed by atoms with E-state index in [1.54, 1.807) is 7.05 Å². The van der Waals surface area contributed by atoms with E-state index >= 15 is 0 Å². The van der Waals surface area contributed by atoms with Crippen molar-refractivity contribution < 1.29 is 4.79 Å². The van der Waals surface area contributed by atoms with E-state index in [0.717, 1.165) is 19.6 Å². The number of carbonyl (C=O) groups is 1. The molecule has 24 heavy (non-hydrogen) atoms. The van der Waals surface area contributed by atoms with Crippen molar-refractivity contribution in [2.24, 2.45) is 0 Å². The molecule has 0 spiro atoms. The Kier molecular flexibility index (Phi) is 5.62. The van der Waals surface area contributed by atoms with Gasteiger partial charge in [0.2, 0.25) is 5.91 Å². The fourth-order valence-electron chi connectivity index (χ4n) is 3.47. The number of hydrogen-bond acceptors (Lipinski definition) is 3. The van der Waals surface area contributed by atoms with Crippen LogP contribution < -0.4 is 10.6 Å². The zero-order valence-electron chi connectivity index (χ0n) is 14.1. The van der Waals surface area contributed by atoms with Crippen LogP contribution in [0.5, 0.6) is 0 Å². The van der Waals surface area contributed by atoms with E-state index in [2.05, 4.69) is 64.1 Å². The van der Waals surface area contributed by atoms with Gasteiger partial charge in [-0.1, -0.05) is 60.7 Å². The molecule has 2 N–H and O–H groups in total. The van der Waals surface area contributed by atoms with E-state index in [1.807, 2.05) is 12.1 Å². The highest BCUT2D eigenvalue weighted by atomic mass is 16.1. The molecule has 1 atom stereocenters. The first-order valence-electron chi connectivity index (χ1n) is 8.56. The van der Waals surface area contributed by atoms with Crippen LogP contribution in [-0.4, -0.2) is 43.5 Å². The number of piperazine rings is 1. The van der Waals surface area contributed by atoms with Crippen molar-refractivity contribution in [3.8, 4) is 0 Å². The summed E-state index contributed by atoms with van der Waals surface area (Å²) in [7, 11) is 1.70. The minimum Gasteiger partial charge on any atom is -0.359 e. The van der Waals surface area contributed by atoms with Gasteiger partial charge >= 0.3 is 0 Å². The highest BCUT2D eigenvalue weighted by Gasteiger charge is 2.31. The molecule has 3 rings (SSSR count). The Labute approximate surface area is 143 Å². The Morgan fingerprint density at radius 2 is 1.71 bits per heavy atom. The predicted molar refractivity (Wildman–Crippen MR) is 96.8 cm³/mol. The van der Waals surface area contributed by atoms with Crippen LogP contribution in [0, 0.1) is 0 Å². The van der Waals surface area contributed by atoms with Gasteiger partial charge in [0.25, 0.3) is 0 Å². The molecule has 4 heteroatoms. The third kappa shape index (κ3) is 3.83. The Morgan fingerprint density at radius 3 is 2.25 bits per heavy atom. The van der Waals surface area contributed by atoms with Crippen LogP contribution in [0.1, 0.15) is 23.6 Å². The largest absolute Gasteiger partial charge is 0.359 e. The minimum atomic E-state index is 0.0913. The van der Waals surface area contributed by atoms with Gasteiger partial charge < -0.3 is 10.6 Å². The van der Waals surface area contributed by atoms with Crippen molar-refractivity contribution in [3.63, 3.8) is 0 Å². The van der Waals surface area contributed by atoms with Gasteiger partial charge in [-0.3, -0.25) is 9.69 Å². The third-order valence-electron chi connectivity index (χ3n) is 4.66. The molecule has 1 aliphatic heterocycles. The van der Waals surface area contributed by atoms with E-state index in [0.29, 0.717) is 6.42 Å². The number of carbonyl (C=O) groups excluding carboxylic acids is 1. The summed E-state index contributed by atoms with van der Waals surface area (Å²) in [5.41, 5.74) is 2.54. The number of amides is 1. The molecule has 1 aliphatic rings. The molecule has 2 aromatic rings. The molecule has 4 nitrogen and oxygen atoms in total. The number of rotatable bonds is 5. The van der Waals surface area contributed by atoms with E-state index < -0.39 is 0 Å². The second-order valence-corrected chi connectivity index (χ2v) is 6.20. The normalized spacial score (nSPS) is 18.5. The minimum absolute atomic E-state index is 0.0913. The van der Waals surface area contributed by atoms with Crippen LogP contribution in [0.25, 0.3) is 0 Å². The third-order valence-corrected chi connectivity index (χ3v) is 4.66. The van der Waals surface area contributed by atoms with Gasteiger partial charge in [-0.25, -0.2) is 0 Å². The zero-order valence-corrected chi connectivity index (χ0v) is 14.1. The molecular weight excluding hydrogens is 298 g/mol. The topological polar surface area (TPSA) is 44.4 Å². The zero-order chi connectivity index (χ0) is 16.8. The smallest absolute Gasteiger partial charge is 0.221 e. The fraction of sp³-hybridized carbons (Fsp3) is 0.350. The molecule has 0 aliphatic carbocycles. The van der Waals surface area contributed by atoms with E-state index in [4.69, 9.17) is 0 Å². The molecule has 1 unspecified atom stereocenters. The van der Waals surface area contributed by atoms with E-state index in [1.165, 1.54) is 11.1 Å². The molecule has 1 fully saturated rings. The maximum atomic E-state index is 12.0. The quantitative estimate of drug-likeness (QED) is 0.886. The second kappa shape index (κ2) is 8.08. The second-order valence-electron chi connectivity index (χ2n) is 6.20. The van der Waals surface area contributed by atoms with Crippen molar-refractivity contribution in [2.45, 2.75) is 18.5 Å². The molecule has 0 radical (unpaired) electrons. The van der Waals surface area contributed by atoms with Gasteiger partial charge in [0.15, 0.2) is 0 Å². The van der Waals surface area contributed by atoms with Crippen LogP contribution in [-0.2, 0) is 4.79 Å². The van der Waals surface area contributed by atoms with Crippen LogP contribution in [0.2, 0.25) is 0 Å². The number of nitrogens with zero attached hydrogens (tertiary/aromatic N) is 1. The predicted octanol–water partition coefficient (Wildman–Crippen LogP) is 2.19. The standard InChI is InChI=1S/C20H25N3O/c1-21-19(24)14-18-15-22-12-13-23(18)20(16-8-4-2-5-9-16)17-10-6-3-7-11-17/h2-11,18,20,22H,12-15H2,1H3,(H,21,24). The lowest BCUT2D eigenvalue weighted by molar-refractivity contribution is -0.122. The maximum absolute atomic E-state index is 12.0. The Balaban J connectivity index is 1.95. The molecule has 0 bridgehead atoms. The molecule has 1 amide bonds. The first-order valence-corrected chi connectivity index (χ1v) is 8.56. The summed E-state index contributed by atoms with van der Waals surface area (Å²) in [6, 6.07) is 21.5. The monoisotopic (exact) mass is 323 g/mol. The van der Waals surface area contributed by atoms with Gasteiger partial charge in [-0.2, -0.15) is 0 Å². The van der Waals surface area contributed by atoms with E-state index in [-0.39, 0.29) is 18.0 Å². The van der Waals surface area contributed by atoms with E-state index in [9.17, 15) is 4.79 Å². The average Bonchev–Trinajstić information content (AvgIpc) is 2.65. The lowest BCUT2D eigenvalue weighted by Crippen LogP contribution is -2.54. The number of nitrogens with one attached hydrogen (secondary N) is 2. The van der Waals surface area contributed by atoms with Gasteiger partial charge in [0.1, 0.15) is 0 Å². The average molecular weight is 323 g/mol. The van der Waals surface area contributed by atoms with Crippen LogP contribution >= 0.6 is 0 Å². The highest BCUT2D eigenvalue weighted by molar-refractivity contribution is 5.76. The van der Waals surface area contributed by atoms with Gasteiger partial charge in [-0.15, -0.1) is 0 Å². The summed E-state index contributed by atoms with van der Waals surface area (Å²) < 4.78 is 0. The molecule has 1 saturated heterocycles. The fourth-order valence-corrected chi connectivity index (χ4v) is 3.47. The molecule has 2 aromatic carbocycles. The summed E-state index contributed by atoms with van der Waals surface area (Å²) in [6.07, 6.45) is 0.514. The molecular formula is C20H25N3O. The van der Waals surface area contributed by atoms with Crippen LogP contribution in [0.15, 0.2) is 60.7 Å². The van der Waals surface area contributed by atoms with Gasteiger partial charge in [0.05, 0.1) is 6.04 Å². The number of benzene rings is 2. The Morgan fingerprint density at radius 1 is 1.12 bits per heavy atom. The Hall–Kier alpha value is -2.17. The first-order chi connectivity index (χ1) is 11.8.